The van der Waals surface area contributed by atoms with Crippen molar-refractivity contribution < 1.29 is 4.79 Å². The predicted octanol–water partition coefficient (Wildman–Crippen LogP) is 1.87. The van der Waals surface area contributed by atoms with E-state index in [1.165, 1.54) is 32.1 Å². The lowest BCUT2D eigenvalue weighted by Crippen LogP contribution is -2.28. The summed E-state index contributed by atoms with van der Waals surface area (Å²) in [4.78, 5) is 11.3. The Labute approximate surface area is 74.5 Å². The van der Waals surface area contributed by atoms with Gasteiger partial charge in [-0.1, -0.05) is 32.1 Å². The molecule has 0 aliphatic heterocycles. The van der Waals surface area contributed by atoms with E-state index in [0.717, 1.165) is 6.42 Å². The first kappa shape index (κ1) is 9.72. The molecule has 0 saturated heterocycles. The van der Waals surface area contributed by atoms with Crippen LogP contribution in [0.4, 0.5) is 0 Å². The number of rotatable bonds is 3. The van der Waals surface area contributed by atoms with Crippen molar-refractivity contribution in [1.82, 2.24) is 0 Å². The molecule has 12 heavy (non-hydrogen) atoms. The molecule has 2 nitrogen and oxygen atoms in total. The molecule has 0 aromatic heterocycles. The third kappa shape index (κ3) is 2.94. The van der Waals surface area contributed by atoms with Crippen LogP contribution >= 0.6 is 0 Å². The van der Waals surface area contributed by atoms with E-state index in [9.17, 15) is 4.79 Å². The summed E-state index contributed by atoms with van der Waals surface area (Å²) in [7, 11) is 0. The summed E-state index contributed by atoms with van der Waals surface area (Å²) in [5.41, 5.74) is 5.50. The Kier molecular flexibility index (Phi) is 3.73. The van der Waals surface area contributed by atoms with Crippen LogP contribution in [0.5, 0.6) is 0 Å². The maximum Gasteiger partial charge on any atom is 0.149 e. The van der Waals surface area contributed by atoms with E-state index in [4.69, 9.17) is 5.73 Å². The van der Waals surface area contributed by atoms with Crippen LogP contribution in [-0.2, 0) is 4.79 Å². The molecule has 70 valence electrons. The largest absolute Gasteiger partial charge is 0.322 e. The lowest BCUT2D eigenvalue weighted by atomic mass is 9.85. The SMILES string of the molecule is CC(N)C(=O)CC1CCCCC1. The molecule has 1 aliphatic rings. The zero-order valence-electron chi connectivity index (χ0n) is 7.88. The van der Waals surface area contributed by atoms with Gasteiger partial charge < -0.3 is 5.73 Å². The second-order valence-electron chi connectivity index (χ2n) is 3.96. The minimum absolute atomic E-state index is 0.238. The molecule has 1 saturated carbocycles. The second kappa shape index (κ2) is 4.61. The molecule has 2 heteroatoms. The first-order valence-electron chi connectivity index (χ1n) is 4.98. The average Bonchev–Trinajstić information content (AvgIpc) is 2.06. The molecule has 0 heterocycles. The van der Waals surface area contributed by atoms with E-state index < -0.39 is 0 Å². The fourth-order valence-corrected chi connectivity index (χ4v) is 1.86. The van der Waals surface area contributed by atoms with E-state index >= 15 is 0 Å². The van der Waals surface area contributed by atoms with Crippen LogP contribution in [0.25, 0.3) is 0 Å². The first-order chi connectivity index (χ1) is 5.70. The van der Waals surface area contributed by atoms with Crippen molar-refractivity contribution in [3.05, 3.63) is 0 Å². The van der Waals surface area contributed by atoms with E-state index in [1.54, 1.807) is 6.92 Å². The number of ketones is 1. The average molecular weight is 169 g/mol. The summed E-state index contributed by atoms with van der Waals surface area (Å²) in [6, 6.07) is -0.257. The van der Waals surface area contributed by atoms with Crippen molar-refractivity contribution in [2.24, 2.45) is 11.7 Å². The first-order valence-corrected chi connectivity index (χ1v) is 4.98. The molecule has 1 atom stereocenters. The molecule has 1 fully saturated rings. The minimum Gasteiger partial charge on any atom is -0.322 e. The highest BCUT2D eigenvalue weighted by atomic mass is 16.1. The van der Waals surface area contributed by atoms with Crippen LogP contribution < -0.4 is 5.73 Å². The van der Waals surface area contributed by atoms with Crippen LogP contribution in [0.15, 0.2) is 0 Å². The highest BCUT2D eigenvalue weighted by Gasteiger charge is 2.18. The van der Waals surface area contributed by atoms with Gasteiger partial charge in [0.05, 0.1) is 6.04 Å². The molecular weight excluding hydrogens is 150 g/mol. The molecule has 1 aliphatic carbocycles. The Bertz CT molecular complexity index is 148. The van der Waals surface area contributed by atoms with Gasteiger partial charge in [-0.05, 0) is 12.8 Å². The summed E-state index contributed by atoms with van der Waals surface area (Å²) < 4.78 is 0. The van der Waals surface area contributed by atoms with Crippen molar-refractivity contribution in [3.8, 4) is 0 Å². The smallest absolute Gasteiger partial charge is 0.149 e. The minimum atomic E-state index is -0.257. The van der Waals surface area contributed by atoms with Gasteiger partial charge in [-0.25, -0.2) is 0 Å². The number of carbonyl (C=O) groups is 1. The lowest BCUT2D eigenvalue weighted by Gasteiger charge is -2.21. The molecule has 0 aromatic carbocycles. The molecule has 0 spiro atoms. The van der Waals surface area contributed by atoms with Gasteiger partial charge in [-0.15, -0.1) is 0 Å². The fraction of sp³-hybridized carbons (Fsp3) is 0.900. The molecule has 1 rings (SSSR count). The molecule has 1 unspecified atom stereocenters. The van der Waals surface area contributed by atoms with Gasteiger partial charge in [0.1, 0.15) is 5.78 Å². The normalized spacial score (nSPS) is 22.2. The summed E-state index contributed by atoms with van der Waals surface area (Å²) in [6.45, 7) is 1.78. The molecule has 0 bridgehead atoms. The monoisotopic (exact) mass is 169 g/mol. The van der Waals surface area contributed by atoms with E-state index in [1.807, 2.05) is 0 Å². The van der Waals surface area contributed by atoms with Crippen molar-refractivity contribution in [2.45, 2.75) is 51.5 Å². The van der Waals surface area contributed by atoms with Gasteiger partial charge in [-0.2, -0.15) is 0 Å². The van der Waals surface area contributed by atoms with Crippen molar-refractivity contribution in [1.29, 1.82) is 0 Å². The zero-order valence-corrected chi connectivity index (χ0v) is 7.88. The lowest BCUT2D eigenvalue weighted by molar-refractivity contribution is -0.121. The quantitative estimate of drug-likeness (QED) is 0.701. The number of hydrogen-bond acceptors (Lipinski definition) is 2. The number of Topliss-reactive ketones (excluding diaryl/α,β-unsaturated/α-hetero) is 1. The number of nitrogens with two attached hydrogens (primary N) is 1. The third-order valence-corrected chi connectivity index (χ3v) is 2.72. The predicted molar refractivity (Wildman–Crippen MR) is 49.8 cm³/mol. The Morgan fingerprint density at radius 3 is 2.50 bits per heavy atom. The maximum absolute atomic E-state index is 11.3. The highest BCUT2D eigenvalue weighted by molar-refractivity contribution is 5.83. The van der Waals surface area contributed by atoms with Gasteiger partial charge >= 0.3 is 0 Å². The fourth-order valence-electron chi connectivity index (χ4n) is 1.86. The van der Waals surface area contributed by atoms with Gasteiger partial charge in [0.25, 0.3) is 0 Å². The summed E-state index contributed by atoms with van der Waals surface area (Å²) in [6.07, 6.45) is 7.14. The molecule has 2 N–H and O–H groups in total. The standard InChI is InChI=1S/C10H19NO/c1-8(11)10(12)7-9-5-3-2-4-6-9/h8-9H,2-7,11H2,1H3. The van der Waals surface area contributed by atoms with Crippen molar-refractivity contribution in [2.75, 3.05) is 0 Å². The van der Waals surface area contributed by atoms with E-state index in [-0.39, 0.29) is 11.8 Å². The van der Waals surface area contributed by atoms with Gasteiger partial charge in [0.2, 0.25) is 0 Å². The van der Waals surface area contributed by atoms with Crippen LogP contribution in [0.2, 0.25) is 0 Å². The maximum atomic E-state index is 11.3. The summed E-state index contributed by atoms with van der Waals surface area (Å²) >= 11 is 0. The van der Waals surface area contributed by atoms with Gasteiger partial charge in [-0.3, -0.25) is 4.79 Å². The van der Waals surface area contributed by atoms with Crippen LogP contribution in [-0.4, -0.2) is 11.8 Å². The zero-order chi connectivity index (χ0) is 8.97. The Hall–Kier alpha value is -0.370. The van der Waals surface area contributed by atoms with Crippen LogP contribution in [0.1, 0.15) is 45.4 Å². The third-order valence-electron chi connectivity index (χ3n) is 2.72. The summed E-state index contributed by atoms with van der Waals surface area (Å²) in [5.74, 6) is 0.874. The van der Waals surface area contributed by atoms with Gasteiger partial charge in [0.15, 0.2) is 0 Å². The Morgan fingerprint density at radius 1 is 1.42 bits per heavy atom. The molecule has 0 amide bonds. The van der Waals surface area contributed by atoms with Crippen molar-refractivity contribution in [3.63, 3.8) is 0 Å². The van der Waals surface area contributed by atoms with Gasteiger partial charge in [0, 0.05) is 6.42 Å². The molecule has 0 aromatic rings. The van der Waals surface area contributed by atoms with Crippen molar-refractivity contribution >= 4 is 5.78 Å². The Morgan fingerprint density at radius 2 is 2.00 bits per heavy atom. The number of hydrogen-bond donors (Lipinski definition) is 1. The summed E-state index contributed by atoms with van der Waals surface area (Å²) in [5, 5.41) is 0. The second-order valence-corrected chi connectivity index (χ2v) is 3.96. The van der Waals surface area contributed by atoms with E-state index in [0.29, 0.717) is 5.92 Å². The topological polar surface area (TPSA) is 43.1 Å². The molecular formula is C10H19NO. The molecule has 0 radical (unpaired) electrons. The van der Waals surface area contributed by atoms with Crippen LogP contribution in [0.3, 0.4) is 0 Å². The Balaban J connectivity index is 2.24. The number of carbonyl (C=O) groups excluding carboxylic acids is 1. The highest BCUT2D eigenvalue weighted by Crippen LogP contribution is 2.26. The van der Waals surface area contributed by atoms with Crippen LogP contribution in [0, 0.1) is 5.92 Å². The van der Waals surface area contributed by atoms with E-state index in [2.05, 4.69) is 0 Å².